The van der Waals surface area contributed by atoms with Crippen molar-refractivity contribution in [3.05, 3.63) is 29.3 Å². The van der Waals surface area contributed by atoms with Gasteiger partial charge in [0, 0.05) is 5.54 Å². The molecule has 2 heteroatoms. The Kier molecular flexibility index (Phi) is 3.91. The highest BCUT2D eigenvalue weighted by atomic mass is 16.5. The third kappa shape index (κ3) is 3.30. The maximum atomic E-state index is 6.75. The fourth-order valence-electron chi connectivity index (χ4n) is 2.95. The van der Waals surface area contributed by atoms with E-state index >= 15 is 0 Å². The first-order valence-electron chi connectivity index (χ1n) is 7.30. The van der Waals surface area contributed by atoms with E-state index in [0.717, 1.165) is 31.4 Å². The van der Waals surface area contributed by atoms with Crippen molar-refractivity contribution >= 4 is 0 Å². The van der Waals surface area contributed by atoms with Crippen LogP contribution in [-0.2, 0) is 12.0 Å². The van der Waals surface area contributed by atoms with Crippen LogP contribution in [0.5, 0.6) is 5.75 Å². The monoisotopic (exact) mass is 261 g/mol. The molecule has 0 aromatic heterocycles. The molecule has 1 unspecified atom stereocenters. The summed E-state index contributed by atoms with van der Waals surface area (Å²) in [5, 5.41) is 0. The summed E-state index contributed by atoms with van der Waals surface area (Å²) < 4.78 is 5.36. The molecule has 1 aromatic rings. The highest BCUT2D eigenvalue weighted by Crippen LogP contribution is 2.40. The number of aryl methyl sites for hydroxylation is 1. The Morgan fingerprint density at radius 2 is 2.05 bits per heavy atom. The topological polar surface area (TPSA) is 35.2 Å². The molecule has 0 fully saturated rings. The van der Waals surface area contributed by atoms with E-state index < -0.39 is 0 Å². The van der Waals surface area contributed by atoms with Crippen LogP contribution in [0.3, 0.4) is 0 Å². The summed E-state index contributed by atoms with van der Waals surface area (Å²) in [5.74, 6) is 0.922. The lowest BCUT2D eigenvalue weighted by Crippen LogP contribution is -2.40. The van der Waals surface area contributed by atoms with Crippen LogP contribution in [0.15, 0.2) is 18.2 Å². The van der Waals surface area contributed by atoms with Crippen molar-refractivity contribution in [2.24, 2.45) is 11.1 Å². The Morgan fingerprint density at radius 1 is 1.32 bits per heavy atom. The van der Waals surface area contributed by atoms with Gasteiger partial charge in [-0.3, -0.25) is 0 Å². The SMILES string of the molecule is COc1ccc2c(c1)C(N)(CCC(C)(C)C)CCC2. The summed E-state index contributed by atoms with van der Waals surface area (Å²) in [6.45, 7) is 6.85. The van der Waals surface area contributed by atoms with Crippen LogP contribution >= 0.6 is 0 Å². The Hall–Kier alpha value is -1.02. The van der Waals surface area contributed by atoms with Gasteiger partial charge in [0.1, 0.15) is 5.75 Å². The minimum absolute atomic E-state index is 0.171. The molecule has 0 saturated heterocycles. The predicted octanol–water partition coefficient (Wildman–Crippen LogP) is 4.01. The van der Waals surface area contributed by atoms with Crippen LogP contribution in [0.25, 0.3) is 0 Å². The fraction of sp³-hybridized carbons (Fsp3) is 0.647. The van der Waals surface area contributed by atoms with E-state index in [1.54, 1.807) is 7.11 Å². The zero-order valence-corrected chi connectivity index (χ0v) is 12.8. The first kappa shape index (κ1) is 14.4. The van der Waals surface area contributed by atoms with Gasteiger partial charge in [0.2, 0.25) is 0 Å². The third-order valence-corrected chi connectivity index (χ3v) is 4.24. The smallest absolute Gasteiger partial charge is 0.119 e. The van der Waals surface area contributed by atoms with Gasteiger partial charge in [0.25, 0.3) is 0 Å². The summed E-state index contributed by atoms with van der Waals surface area (Å²) in [6, 6.07) is 6.39. The number of rotatable bonds is 3. The van der Waals surface area contributed by atoms with Gasteiger partial charge in [-0.1, -0.05) is 26.8 Å². The van der Waals surface area contributed by atoms with Gasteiger partial charge < -0.3 is 10.5 Å². The molecule has 106 valence electrons. The highest BCUT2D eigenvalue weighted by Gasteiger charge is 2.33. The van der Waals surface area contributed by atoms with Gasteiger partial charge in [-0.05, 0) is 60.8 Å². The third-order valence-electron chi connectivity index (χ3n) is 4.24. The van der Waals surface area contributed by atoms with E-state index in [9.17, 15) is 0 Å². The molecule has 0 bridgehead atoms. The molecule has 1 atom stereocenters. The first-order valence-corrected chi connectivity index (χ1v) is 7.30. The molecular formula is C17H27NO. The molecule has 0 aliphatic heterocycles. The zero-order chi connectivity index (χ0) is 14.1. The average Bonchev–Trinajstić information content (AvgIpc) is 2.36. The quantitative estimate of drug-likeness (QED) is 0.892. The number of ether oxygens (including phenoxy) is 1. The number of nitrogens with two attached hydrogens (primary N) is 1. The Labute approximate surface area is 117 Å². The van der Waals surface area contributed by atoms with E-state index in [2.05, 4.69) is 32.9 Å². The second-order valence-corrected chi connectivity index (χ2v) is 7.09. The minimum atomic E-state index is -0.171. The van der Waals surface area contributed by atoms with Gasteiger partial charge in [-0.2, -0.15) is 0 Å². The minimum Gasteiger partial charge on any atom is -0.497 e. The Morgan fingerprint density at radius 3 is 2.68 bits per heavy atom. The van der Waals surface area contributed by atoms with Gasteiger partial charge in [0.05, 0.1) is 7.11 Å². The average molecular weight is 261 g/mol. The number of methoxy groups -OCH3 is 1. The molecule has 1 aromatic carbocycles. The van der Waals surface area contributed by atoms with Crippen molar-refractivity contribution in [1.29, 1.82) is 0 Å². The van der Waals surface area contributed by atoms with Crippen molar-refractivity contribution < 1.29 is 4.74 Å². The lowest BCUT2D eigenvalue weighted by Gasteiger charge is -2.38. The van der Waals surface area contributed by atoms with Crippen molar-refractivity contribution in [2.75, 3.05) is 7.11 Å². The van der Waals surface area contributed by atoms with Crippen molar-refractivity contribution in [1.82, 2.24) is 0 Å². The van der Waals surface area contributed by atoms with Crippen LogP contribution in [-0.4, -0.2) is 7.11 Å². The first-order chi connectivity index (χ1) is 8.84. The molecule has 2 nitrogen and oxygen atoms in total. The van der Waals surface area contributed by atoms with E-state index in [-0.39, 0.29) is 5.54 Å². The number of hydrogen-bond acceptors (Lipinski definition) is 2. The normalized spacial score (nSPS) is 23.0. The lowest BCUT2D eigenvalue weighted by molar-refractivity contribution is 0.268. The molecule has 0 heterocycles. The van der Waals surface area contributed by atoms with Gasteiger partial charge in [0.15, 0.2) is 0 Å². The molecule has 0 radical (unpaired) electrons. The second kappa shape index (κ2) is 5.16. The highest BCUT2D eigenvalue weighted by molar-refractivity contribution is 5.41. The van der Waals surface area contributed by atoms with Crippen LogP contribution < -0.4 is 10.5 Å². The molecular weight excluding hydrogens is 234 g/mol. The van der Waals surface area contributed by atoms with Crippen molar-refractivity contribution in [2.45, 2.75) is 58.4 Å². The van der Waals surface area contributed by atoms with E-state index in [1.165, 1.54) is 17.5 Å². The molecule has 0 spiro atoms. The number of fused-ring (bicyclic) bond motifs is 1. The molecule has 2 rings (SSSR count). The van der Waals surface area contributed by atoms with E-state index in [4.69, 9.17) is 10.5 Å². The molecule has 2 N–H and O–H groups in total. The molecule has 0 saturated carbocycles. The fourth-order valence-corrected chi connectivity index (χ4v) is 2.95. The van der Waals surface area contributed by atoms with Gasteiger partial charge >= 0.3 is 0 Å². The molecule has 1 aliphatic carbocycles. The lowest BCUT2D eigenvalue weighted by atomic mass is 9.72. The maximum Gasteiger partial charge on any atom is 0.119 e. The summed E-state index contributed by atoms with van der Waals surface area (Å²) in [6.07, 6.45) is 5.63. The van der Waals surface area contributed by atoms with Crippen LogP contribution in [0.1, 0.15) is 57.6 Å². The van der Waals surface area contributed by atoms with E-state index in [1.807, 2.05) is 6.07 Å². The summed E-state index contributed by atoms with van der Waals surface area (Å²) in [4.78, 5) is 0. The number of benzene rings is 1. The van der Waals surface area contributed by atoms with Gasteiger partial charge in [-0.25, -0.2) is 0 Å². The molecule has 19 heavy (non-hydrogen) atoms. The summed E-state index contributed by atoms with van der Waals surface area (Å²) in [7, 11) is 1.72. The molecule has 1 aliphatic rings. The largest absolute Gasteiger partial charge is 0.497 e. The maximum absolute atomic E-state index is 6.75. The molecule has 0 amide bonds. The Balaban J connectivity index is 2.28. The van der Waals surface area contributed by atoms with Crippen LogP contribution in [0.4, 0.5) is 0 Å². The van der Waals surface area contributed by atoms with E-state index in [0.29, 0.717) is 5.41 Å². The van der Waals surface area contributed by atoms with Crippen LogP contribution in [0.2, 0.25) is 0 Å². The number of hydrogen-bond donors (Lipinski definition) is 1. The van der Waals surface area contributed by atoms with Crippen LogP contribution in [0, 0.1) is 5.41 Å². The zero-order valence-electron chi connectivity index (χ0n) is 12.8. The summed E-state index contributed by atoms with van der Waals surface area (Å²) in [5.41, 5.74) is 9.62. The predicted molar refractivity (Wildman–Crippen MR) is 80.5 cm³/mol. The summed E-state index contributed by atoms with van der Waals surface area (Å²) >= 11 is 0. The standard InChI is InChI=1S/C17H27NO/c1-16(2,3)10-11-17(18)9-5-6-13-7-8-14(19-4)12-15(13)17/h7-8,12H,5-6,9-11,18H2,1-4H3. The van der Waals surface area contributed by atoms with Crippen molar-refractivity contribution in [3.8, 4) is 5.75 Å². The second-order valence-electron chi connectivity index (χ2n) is 7.09. The van der Waals surface area contributed by atoms with Crippen molar-refractivity contribution in [3.63, 3.8) is 0 Å². The Bertz CT molecular complexity index is 447. The van der Waals surface area contributed by atoms with Gasteiger partial charge in [-0.15, -0.1) is 0 Å².